The van der Waals surface area contributed by atoms with Crippen LogP contribution in [0.25, 0.3) is 11.2 Å². The van der Waals surface area contributed by atoms with Crippen LogP contribution < -0.4 is 5.73 Å². The third-order valence-electron chi connectivity index (χ3n) is 2.92. The molecule has 1 amide bonds. The van der Waals surface area contributed by atoms with E-state index in [1.165, 1.54) is 0 Å². The van der Waals surface area contributed by atoms with Crippen molar-refractivity contribution in [2.24, 2.45) is 5.73 Å². The van der Waals surface area contributed by atoms with E-state index in [2.05, 4.69) is 9.97 Å². The van der Waals surface area contributed by atoms with Gasteiger partial charge >= 0.3 is 5.97 Å². The fraction of sp³-hybridized carbons (Fsp3) is 0.385. The number of carbonyl (C=O) groups is 2. The van der Waals surface area contributed by atoms with Crippen molar-refractivity contribution in [3.8, 4) is 0 Å². The molecule has 8 heteroatoms. The van der Waals surface area contributed by atoms with Gasteiger partial charge in [0.1, 0.15) is 5.52 Å². The minimum absolute atomic E-state index is 0.107. The number of carboxylic acids is 1. The summed E-state index contributed by atoms with van der Waals surface area (Å²) in [6.07, 6.45) is 1.74. The Morgan fingerprint density at radius 2 is 2.19 bits per heavy atom. The first-order valence-electron chi connectivity index (χ1n) is 6.28. The summed E-state index contributed by atoms with van der Waals surface area (Å²) in [4.78, 5) is 30.8. The van der Waals surface area contributed by atoms with Gasteiger partial charge in [-0.15, -0.1) is 0 Å². The SMILES string of the molecule is CC(C)(CC(N)=O)n1c(SCC(=O)O)nc2cccnc21. The zero-order valence-electron chi connectivity index (χ0n) is 11.7. The molecular formula is C13H16N4O3S. The van der Waals surface area contributed by atoms with Gasteiger partial charge in [0.2, 0.25) is 5.91 Å². The number of carboxylic acid groups (broad SMARTS) is 1. The number of thioether (sulfide) groups is 1. The molecule has 0 radical (unpaired) electrons. The van der Waals surface area contributed by atoms with E-state index >= 15 is 0 Å². The maximum absolute atomic E-state index is 11.3. The molecule has 0 aliphatic rings. The van der Waals surface area contributed by atoms with Crippen molar-refractivity contribution in [3.05, 3.63) is 18.3 Å². The van der Waals surface area contributed by atoms with Crippen molar-refractivity contribution < 1.29 is 14.7 Å². The molecule has 2 heterocycles. The molecule has 0 spiro atoms. The van der Waals surface area contributed by atoms with Gasteiger partial charge in [-0.05, 0) is 26.0 Å². The molecule has 0 atom stereocenters. The van der Waals surface area contributed by atoms with Crippen molar-refractivity contribution in [2.75, 3.05) is 5.75 Å². The molecule has 0 saturated heterocycles. The number of hydrogen-bond donors (Lipinski definition) is 2. The van der Waals surface area contributed by atoms with Gasteiger partial charge in [0, 0.05) is 12.6 Å². The predicted octanol–water partition coefficient (Wildman–Crippen LogP) is 1.22. The summed E-state index contributed by atoms with van der Waals surface area (Å²) in [5.41, 5.74) is 5.93. The highest BCUT2D eigenvalue weighted by Crippen LogP contribution is 2.31. The van der Waals surface area contributed by atoms with E-state index in [-0.39, 0.29) is 12.2 Å². The van der Waals surface area contributed by atoms with Crippen LogP contribution in [0.3, 0.4) is 0 Å². The molecular weight excluding hydrogens is 292 g/mol. The van der Waals surface area contributed by atoms with E-state index in [9.17, 15) is 9.59 Å². The summed E-state index contributed by atoms with van der Waals surface area (Å²) < 4.78 is 1.78. The van der Waals surface area contributed by atoms with E-state index < -0.39 is 17.4 Å². The van der Waals surface area contributed by atoms with Crippen molar-refractivity contribution in [1.82, 2.24) is 14.5 Å². The summed E-state index contributed by atoms with van der Waals surface area (Å²) >= 11 is 1.10. The Kier molecular flexibility index (Phi) is 4.17. The highest BCUT2D eigenvalue weighted by molar-refractivity contribution is 7.99. The molecule has 3 N–H and O–H groups in total. The first kappa shape index (κ1) is 15.3. The van der Waals surface area contributed by atoms with Crippen LogP contribution in [0.15, 0.2) is 23.5 Å². The smallest absolute Gasteiger partial charge is 0.313 e. The highest BCUT2D eigenvalue weighted by Gasteiger charge is 2.29. The van der Waals surface area contributed by atoms with E-state index in [0.717, 1.165) is 11.8 Å². The van der Waals surface area contributed by atoms with Crippen molar-refractivity contribution in [2.45, 2.75) is 31.0 Å². The summed E-state index contributed by atoms with van der Waals surface area (Å²) in [7, 11) is 0. The van der Waals surface area contributed by atoms with Gasteiger partial charge in [-0.2, -0.15) is 0 Å². The summed E-state index contributed by atoms with van der Waals surface area (Å²) in [5, 5.41) is 9.35. The molecule has 0 unspecified atom stereocenters. The Labute approximate surface area is 125 Å². The van der Waals surface area contributed by atoms with Gasteiger partial charge in [0.25, 0.3) is 0 Å². The number of amides is 1. The van der Waals surface area contributed by atoms with Gasteiger partial charge in [0.05, 0.1) is 11.3 Å². The number of imidazole rings is 1. The summed E-state index contributed by atoms with van der Waals surface area (Å²) in [5.74, 6) is -1.48. The number of fused-ring (bicyclic) bond motifs is 1. The second-order valence-corrected chi connectivity index (χ2v) is 6.16. The lowest BCUT2D eigenvalue weighted by molar-refractivity contribution is -0.134. The number of primary amides is 1. The molecule has 21 heavy (non-hydrogen) atoms. The first-order valence-corrected chi connectivity index (χ1v) is 7.26. The monoisotopic (exact) mass is 308 g/mol. The second-order valence-electron chi connectivity index (χ2n) is 5.21. The fourth-order valence-corrected chi connectivity index (χ4v) is 3.04. The molecule has 2 aromatic rings. The maximum atomic E-state index is 11.3. The van der Waals surface area contributed by atoms with E-state index in [1.54, 1.807) is 22.9 Å². The van der Waals surface area contributed by atoms with Crippen LogP contribution in [-0.2, 0) is 15.1 Å². The third-order valence-corrected chi connectivity index (χ3v) is 3.85. The largest absolute Gasteiger partial charge is 0.481 e. The van der Waals surface area contributed by atoms with Crippen LogP contribution >= 0.6 is 11.8 Å². The number of nitrogens with zero attached hydrogens (tertiary/aromatic N) is 3. The number of hydrogen-bond acceptors (Lipinski definition) is 5. The average molecular weight is 308 g/mol. The summed E-state index contributed by atoms with van der Waals surface area (Å²) in [6, 6.07) is 3.55. The Hall–Kier alpha value is -2.09. The zero-order chi connectivity index (χ0) is 15.6. The van der Waals surface area contributed by atoms with E-state index in [4.69, 9.17) is 10.8 Å². The lowest BCUT2D eigenvalue weighted by atomic mass is 10.00. The van der Waals surface area contributed by atoms with Crippen molar-refractivity contribution >= 4 is 34.8 Å². The molecule has 0 aromatic carbocycles. The Morgan fingerprint density at radius 1 is 1.48 bits per heavy atom. The standard InChI is InChI=1S/C13H16N4O3S/c1-13(2,6-9(14)18)17-11-8(4-3-5-15-11)16-12(17)21-7-10(19)20/h3-5H,6-7H2,1-2H3,(H2,14,18)(H,19,20). The van der Waals surface area contributed by atoms with Crippen molar-refractivity contribution in [1.29, 1.82) is 0 Å². The molecule has 2 rings (SSSR count). The minimum atomic E-state index is -0.931. The van der Waals surface area contributed by atoms with Crippen LogP contribution in [0, 0.1) is 0 Å². The fourth-order valence-electron chi connectivity index (χ4n) is 2.17. The number of pyridine rings is 1. The van der Waals surface area contributed by atoms with Gasteiger partial charge in [-0.25, -0.2) is 9.97 Å². The molecule has 112 valence electrons. The molecule has 0 aliphatic heterocycles. The van der Waals surface area contributed by atoms with E-state index in [1.807, 2.05) is 13.8 Å². The van der Waals surface area contributed by atoms with Crippen LogP contribution in [0.4, 0.5) is 0 Å². The van der Waals surface area contributed by atoms with Gasteiger partial charge in [-0.1, -0.05) is 11.8 Å². The lowest BCUT2D eigenvalue weighted by Crippen LogP contribution is -2.33. The minimum Gasteiger partial charge on any atom is -0.481 e. The molecule has 0 aliphatic carbocycles. The average Bonchev–Trinajstić information content (AvgIpc) is 2.73. The maximum Gasteiger partial charge on any atom is 0.313 e. The second kappa shape index (κ2) is 5.72. The van der Waals surface area contributed by atoms with Crippen LogP contribution in [0.5, 0.6) is 0 Å². The molecule has 0 fully saturated rings. The van der Waals surface area contributed by atoms with Gasteiger partial charge < -0.3 is 10.8 Å². The van der Waals surface area contributed by atoms with Gasteiger partial charge in [-0.3, -0.25) is 14.2 Å². The van der Waals surface area contributed by atoms with Crippen molar-refractivity contribution in [3.63, 3.8) is 0 Å². The van der Waals surface area contributed by atoms with Crippen LogP contribution in [0.1, 0.15) is 20.3 Å². The van der Waals surface area contributed by atoms with E-state index in [0.29, 0.717) is 16.3 Å². The highest BCUT2D eigenvalue weighted by atomic mass is 32.2. The number of aromatic nitrogens is 3. The number of nitrogens with two attached hydrogens (primary N) is 1. The molecule has 0 bridgehead atoms. The van der Waals surface area contributed by atoms with Gasteiger partial charge in [0.15, 0.2) is 10.8 Å². The normalized spacial score (nSPS) is 11.7. The molecule has 0 saturated carbocycles. The Morgan fingerprint density at radius 3 is 2.81 bits per heavy atom. The molecule has 2 aromatic heterocycles. The van der Waals surface area contributed by atoms with Crippen LogP contribution in [0.2, 0.25) is 0 Å². The number of aliphatic carboxylic acids is 1. The number of rotatable bonds is 6. The molecule has 7 nitrogen and oxygen atoms in total. The Balaban J connectivity index is 2.54. The third kappa shape index (κ3) is 3.33. The first-order chi connectivity index (χ1) is 9.81. The van der Waals surface area contributed by atoms with Crippen LogP contribution in [-0.4, -0.2) is 37.3 Å². The predicted molar refractivity (Wildman–Crippen MR) is 79.0 cm³/mol. The quantitative estimate of drug-likeness (QED) is 0.776. The zero-order valence-corrected chi connectivity index (χ0v) is 12.6. The topological polar surface area (TPSA) is 111 Å². The lowest BCUT2D eigenvalue weighted by Gasteiger charge is -2.27. The Bertz CT molecular complexity index is 696. The number of carbonyl (C=O) groups excluding carboxylic acids is 1. The summed E-state index contributed by atoms with van der Waals surface area (Å²) in [6.45, 7) is 3.69.